The van der Waals surface area contributed by atoms with E-state index in [0.29, 0.717) is 5.00 Å². The number of aromatic nitrogens is 2. The van der Waals surface area contributed by atoms with E-state index in [9.17, 15) is 4.79 Å². The minimum atomic E-state index is -0.616. The first-order valence-corrected chi connectivity index (χ1v) is 3.92. The molecule has 0 saturated heterocycles. The Bertz CT molecular complexity index is 238. The predicted octanol–water partition coefficient (Wildman–Crippen LogP) is 0.0789. The van der Waals surface area contributed by atoms with Crippen molar-refractivity contribution in [3.8, 4) is 0 Å². The molecule has 1 aromatic heterocycles. The highest BCUT2D eigenvalue weighted by molar-refractivity contribution is 7.10. The Morgan fingerprint density at radius 2 is 2.67 bits per heavy atom. The largest absolute Gasteiger partial charge is 0.447 e. The lowest BCUT2D eigenvalue weighted by Gasteiger charge is -2.01. The normalized spacial score (nSPS) is 9.42. The molecule has 6 nitrogen and oxygen atoms in total. The van der Waals surface area contributed by atoms with E-state index in [1.807, 2.05) is 0 Å². The molecule has 0 aromatic carbocycles. The summed E-state index contributed by atoms with van der Waals surface area (Å²) in [6.07, 6.45) is 0.792. The number of hydrogen-bond acceptors (Lipinski definition) is 6. The van der Waals surface area contributed by atoms with E-state index < -0.39 is 6.09 Å². The number of nitrogens with one attached hydrogen (secondary N) is 1. The SMILES string of the molecule is O=C(Nc1cnns1)OCCO. The lowest BCUT2D eigenvalue weighted by molar-refractivity contribution is 0.131. The van der Waals surface area contributed by atoms with Crippen molar-refractivity contribution in [2.24, 2.45) is 0 Å². The highest BCUT2D eigenvalue weighted by Crippen LogP contribution is 2.08. The van der Waals surface area contributed by atoms with Crippen LogP contribution in [0.1, 0.15) is 0 Å². The maximum Gasteiger partial charge on any atom is 0.412 e. The summed E-state index contributed by atoms with van der Waals surface area (Å²) in [5, 5.41) is 14.7. The number of ether oxygens (including phenoxy) is 1. The van der Waals surface area contributed by atoms with Crippen LogP contribution in [-0.2, 0) is 4.74 Å². The van der Waals surface area contributed by atoms with Gasteiger partial charge in [-0.15, -0.1) is 5.10 Å². The molecule has 7 heteroatoms. The summed E-state index contributed by atoms with van der Waals surface area (Å²) in [6, 6.07) is 0. The first-order valence-electron chi connectivity index (χ1n) is 3.15. The second-order valence-corrected chi connectivity index (χ2v) is 2.55. The van der Waals surface area contributed by atoms with Crippen LogP contribution in [0.3, 0.4) is 0 Å². The number of carbonyl (C=O) groups excluding carboxylic acids is 1. The smallest absolute Gasteiger partial charge is 0.412 e. The molecule has 0 aliphatic rings. The molecule has 12 heavy (non-hydrogen) atoms. The number of carbonyl (C=O) groups is 1. The van der Waals surface area contributed by atoms with Gasteiger partial charge in [-0.25, -0.2) is 4.79 Å². The predicted molar refractivity (Wildman–Crippen MR) is 42.0 cm³/mol. The highest BCUT2D eigenvalue weighted by atomic mass is 32.1. The van der Waals surface area contributed by atoms with Gasteiger partial charge < -0.3 is 9.84 Å². The summed E-state index contributed by atoms with van der Waals surface area (Å²) in [7, 11) is 0. The fraction of sp³-hybridized carbons (Fsp3) is 0.400. The van der Waals surface area contributed by atoms with Crippen molar-refractivity contribution in [1.29, 1.82) is 0 Å². The van der Waals surface area contributed by atoms with E-state index in [4.69, 9.17) is 5.11 Å². The van der Waals surface area contributed by atoms with E-state index in [1.54, 1.807) is 0 Å². The fourth-order valence-corrected chi connectivity index (χ4v) is 0.903. The van der Waals surface area contributed by atoms with Crippen molar-refractivity contribution in [3.63, 3.8) is 0 Å². The maximum atomic E-state index is 10.8. The van der Waals surface area contributed by atoms with E-state index in [0.717, 1.165) is 11.5 Å². The van der Waals surface area contributed by atoms with Crippen LogP contribution in [0.25, 0.3) is 0 Å². The Kier molecular flexibility index (Phi) is 3.42. The number of aliphatic hydroxyl groups is 1. The van der Waals surface area contributed by atoms with Gasteiger partial charge >= 0.3 is 6.09 Å². The second-order valence-electron chi connectivity index (χ2n) is 1.77. The van der Waals surface area contributed by atoms with Crippen LogP contribution in [0.5, 0.6) is 0 Å². The molecule has 66 valence electrons. The van der Waals surface area contributed by atoms with Gasteiger partial charge in [0, 0.05) is 11.5 Å². The van der Waals surface area contributed by atoms with Gasteiger partial charge in [-0.1, -0.05) is 4.49 Å². The first-order chi connectivity index (χ1) is 5.83. The molecule has 0 fully saturated rings. The maximum absolute atomic E-state index is 10.8. The molecule has 1 aromatic rings. The van der Waals surface area contributed by atoms with Gasteiger partial charge in [0.2, 0.25) is 0 Å². The van der Waals surface area contributed by atoms with Crippen LogP contribution < -0.4 is 5.32 Å². The third-order valence-electron chi connectivity index (χ3n) is 0.911. The lowest BCUT2D eigenvalue weighted by atomic mass is 10.8. The average molecular weight is 189 g/mol. The molecule has 1 amide bonds. The van der Waals surface area contributed by atoms with E-state index in [-0.39, 0.29) is 13.2 Å². The lowest BCUT2D eigenvalue weighted by Crippen LogP contribution is -2.14. The molecule has 0 aliphatic heterocycles. The van der Waals surface area contributed by atoms with E-state index >= 15 is 0 Å². The van der Waals surface area contributed by atoms with Gasteiger partial charge in [-0.05, 0) is 0 Å². The molecule has 0 radical (unpaired) electrons. The molecule has 0 aliphatic carbocycles. The molecular weight excluding hydrogens is 182 g/mol. The van der Waals surface area contributed by atoms with Crippen LogP contribution in [-0.4, -0.2) is 34.0 Å². The van der Waals surface area contributed by atoms with Crippen LogP contribution in [0.4, 0.5) is 9.80 Å². The molecule has 2 N–H and O–H groups in total. The summed E-state index contributed by atoms with van der Waals surface area (Å²) in [4.78, 5) is 10.8. The number of aliphatic hydroxyl groups excluding tert-OH is 1. The van der Waals surface area contributed by atoms with Crippen molar-refractivity contribution in [1.82, 2.24) is 9.59 Å². The quantitative estimate of drug-likeness (QED) is 0.703. The van der Waals surface area contributed by atoms with Crippen molar-refractivity contribution in [3.05, 3.63) is 6.20 Å². The van der Waals surface area contributed by atoms with Gasteiger partial charge in [-0.2, -0.15) is 0 Å². The zero-order chi connectivity index (χ0) is 8.81. The summed E-state index contributed by atoms with van der Waals surface area (Å²) < 4.78 is 8.04. The zero-order valence-electron chi connectivity index (χ0n) is 6.06. The molecule has 0 bridgehead atoms. The summed E-state index contributed by atoms with van der Waals surface area (Å²) in [6.45, 7) is -0.202. The fourth-order valence-electron chi connectivity index (χ4n) is 0.497. The van der Waals surface area contributed by atoms with Gasteiger partial charge in [0.1, 0.15) is 11.6 Å². The number of rotatable bonds is 3. The Morgan fingerprint density at radius 1 is 1.83 bits per heavy atom. The van der Waals surface area contributed by atoms with Gasteiger partial charge in [0.15, 0.2) is 0 Å². The average Bonchev–Trinajstić information content (AvgIpc) is 2.53. The molecule has 0 spiro atoms. The summed E-state index contributed by atoms with van der Waals surface area (Å²) in [5.74, 6) is 0. The van der Waals surface area contributed by atoms with Crippen molar-refractivity contribution >= 4 is 22.6 Å². The summed E-state index contributed by atoms with van der Waals surface area (Å²) >= 11 is 1.05. The molecular formula is C5H7N3O3S. The van der Waals surface area contributed by atoms with Gasteiger partial charge in [0.25, 0.3) is 0 Å². The molecule has 1 heterocycles. The van der Waals surface area contributed by atoms with Crippen LogP contribution in [0.15, 0.2) is 6.20 Å². The van der Waals surface area contributed by atoms with Crippen LogP contribution in [0, 0.1) is 0 Å². The monoisotopic (exact) mass is 189 g/mol. The zero-order valence-corrected chi connectivity index (χ0v) is 6.87. The number of hydrogen-bond donors (Lipinski definition) is 2. The number of amides is 1. The molecule has 0 saturated carbocycles. The van der Waals surface area contributed by atoms with Crippen molar-refractivity contribution < 1.29 is 14.6 Å². The van der Waals surface area contributed by atoms with Crippen molar-refractivity contribution in [2.45, 2.75) is 0 Å². The van der Waals surface area contributed by atoms with Gasteiger partial charge in [-0.3, -0.25) is 5.32 Å². The van der Waals surface area contributed by atoms with Crippen LogP contribution >= 0.6 is 11.5 Å². The van der Waals surface area contributed by atoms with Gasteiger partial charge in [0.05, 0.1) is 12.8 Å². The second kappa shape index (κ2) is 4.62. The Balaban J connectivity index is 2.27. The topological polar surface area (TPSA) is 84.3 Å². The van der Waals surface area contributed by atoms with Crippen LogP contribution in [0.2, 0.25) is 0 Å². The molecule has 0 unspecified atom stereocenters. The molecule has 1 rings (SSSR count). The number of anilines is 1. The minimum absolute atomic E-state index is 0.0158. The van der Waals surface area contributed by atoms with E-state index in [1.165, 1.54) is 6.20 Å². The first kappa shape index (κ1) is 8.88. The third-order valence-corrected chi connectivity index (χ3v) is 1.49. The Labute approximate surface area is 72.3 Å². The van der Waals surface area contributed by atoms with E-state index in [2.05, 4.69) is 19.6 Å². The Morgan fingerprint density at radius 3 is 3.25 bits per heavy atom. The third kappa shape index (κ3) is 2.81. The summed E-state index contributed by atoms with van der Waals surface area (Å²) in [5.41, 5.74) is 0. The molecule has 0 atom stereocenters. The number of nitrogens with zero attached hydrogens (tertiary/aromatic N) is 2. The standard InChI is InChI=1S/C5H7N3O3S/c9-1-2-11-5(10)7-4-3-6-8-12-4/h3,9H,1-2H2,(H,7,10). The minimum Gasteiger partial charge on any atom is -0.447 e. The van der Waals surface area contributed by atoms with Crippen molar-refractivity contribution in [2.75, 3.05) is 18.5 Å². The highest BCUT2D eigenvalue weighted by Gasteiger charge is 2.03. The Hall–Kier alpha value is -1.21.